The van der Waals surface area contributed by atoms with Crippen LogP contribution in [0.3, 0.4) is 0 Å². The number of rotatable bonds is 4. The molecule has 24 heavy (non-hydrogen) atoms. The molecule has 0 aliphatic carbocycles. The van der Waals surface area contributed by atoms with Gasteiger partial charge >= 0.3 is 0 Å². The van der Waals surface area contributed by atoms with E-state index in [-0.39, 0.29) is 24.1 Å². The van der Waals surface area contributed by atoms with Gasteiger partial charge in [0, 0.05) is 44.1 Å². The SMILES string of the molecule is CO[C@@H]1C[C@@H](c2ncc[nH]2)N(C(=O)Cc2cc(F)c(F)cc2F)C1. The van der Waals surface area contributed by atoms with Crippen molar-refractivity contribution in [2.45, 2.75) is 25.0 Å². The van der Waals surface area contributed by atoms with Gasteiger partial charge < -0.3 is 14.6 Å². The van der Waals surface area contributed by atoms with Crippen LogP contribution < -0.4 is 0 Å². The van der Waals surface area contributed by atoms with Crippen molar-refractivity contribution in [1.29, 1.82) is 0 Å². The molecule has 1 amide bonds. The Balaban J connectivity index is 1.81. The second kappa shape index (κ2) is 6.64. The highest BCUT2D eigenvalue weighted by molar-refractivity contribution is 5.79. The van der Waals surface area contributed by atoms with Crippen LogP contribution in [0.5, 0.6) is 0 Å². The second-order valence-corrected chi connectivity index (χ2v) is 5.66. The molecular formula is C16H16F3N3O2. The van der Waals surface area contributed by atoms with Crippen molar-refractivity contribution < 1.29 is 22.7 Å². The average molecular weight is 339 g/mol. The maximum Gasteiger partial charge on any atom is 0.227 e. The zero-order chi connectivity index (χ0) is 17.3. The van der Waals surface area contributed by atoms with Gasteiger partial charge in [0.2, 0.25) is 5.91 Å². The van der Waals surface area contributed by atoms with E-state index in [0.29, 0.717) is 30.9 Å². The standard InChI is InChI=1S/C16H16F3N3O2/c1-24-10-6-14(16-20-2-3-21-16)22(8-10)15(23)5-9-4-12(18)13(19)7-11(9)17/h2-4,7,10,14H,5-6,8H2,1H3,(H,20,21)/t10-,14+/m1/s1. The first-order valence-electron chi connectivity index (χ1n) is 7.44. The Hall–Kier alpha value is -2.35. The van der Waals surface area contributed by atoms with E-state index in [1.54, 1.807) is 19.5 Å². The lowest BCUT2D eigenvalue weighted by atomic mass is 10.1. The number of halogens is 3. The average Bonchev–Trinajstić information content (AvgIpc) is 3.21. The summed E-state index contributed by atoms with van der Waals surface area (Å²) in [7, 11) is 1.55. The molecule has 5 nitrogen and oxygen atoms in total. The number of benzene rings is 1. The van der Waals surface area contributed by atoms with Crippen molar-refractivity contribution in [2.24, 2.45) is 0 Å². The molecule has 1 aliphatic rings. The van der Waals surface area contributed by atoms with Crippen molar-refractivity contribution in [2.75, 3.05) is 13.7 Å². The monoisotopic (exact) mass is 339 g/mol. The summed E-state index contributed by atoms with van der Waals surface area (Å²) in [6.07, 6.45) is 3.24. The Morgan fingerprint density at radius 3 is 2.75 bits per heavy atom. The summed E-state index contributed by atoms with van der Waals surface area (Å²) in [5.41, 5.74) is -0.182. The second-order valence-electron chi connectivity index (χ2n) is 5.66. The number of imidazole rings is 1. The van der Waals surface area contributed by atoms with E-state index in [1.807, 2.05) is 0 Å². The minimum absolute atomic E-state index is 0.168. The van der Waals surface area contributed by atoms with Crippen molar-refractivity contribution in [3.05, 3.63) is 53.4 Å². The molecule has 8 heteroatoms. The number of nitrogens with zero attached hydrogens (tertiary/aromatic N) is 2. The predicted octanol–water partition coefficient (Wildman–Crippen LogP) is 2.36. The van der Waals surface area contributed by atoms with Crippen molar-refractivity contribution in [3.8, 4) is 0 Å². The molecule has 1 saturated heterocycles. The first-order chi connectivity index (χ1) is 11.5. The zero-order valence-corrected chi connectivity index (χ0v) is 12.9. The molecule has 2 heterocycles. The predicted molar refractivity (Wildman–Crippen MR) is 78.5 cm³/mol. The fourth-order valence-electron chi connectivity index (χ4n) is 2.93. The molecule has 2 atom stereocenters. The summed E-state index contributed by atoms with van der Waals surface area (Å²) < 4.78 is 45.4. The highest BCUT2D eigenvalue weighted by Gasteiger charge is 2.37. The Morgan fingerprint density at radius 2 is 2.08 bits per heavy atom. The Morgan fingerprint density at radius 1 is 1.33 bits per heavy atom. The Kier molecular flexibility index (Phi) is 4.57. The van der Waals surface area contributed by atoms with Crippen LogP contribution in [0.2, 0.25) is 0 Å². The molecule has 0 saturated carbocycles. The van der Waals surface area contributed by atoms with Crippen LogP contribution >= 0.6 is 0 Å². The number of carbonyl (C=O) groups is 1. The molecule has 1 fully saturated rings. The summed E-state index contributed by atoms with van der Waals surface area (Å²) in [5.74, 6) is -3.20. The van der Waals surface area contributed by atoms with Crippen LogP contribution in [0, 0.1) is 17.5 Å². The van der Waals surface area contributed by atoms with E-state index in [0.717, 1.165) is 0 Å². The lowest BCUT2D eigenvalue weighted by molar-refractivity contribution is -0.132. The largest absolute Gasteiger partial charge is 0.380 e. The third-order valence-electron chi connectivity index (χ3n) is 4.18. The van der Waals surface area contributed by atoms with Gasteiger partial charge in [-0.3, -0.25) is 4.79 Å². The molecule has 128 valence electrons. The maximum absolute atomic E-state index is 13.8. The smallest absolute Gasteiger partial charge is 0.227 e. The van der Waals surface area contributed by atoms with Gasteiger partial charge in [0.25, 0.3) is 0 Å². The molecule has 0 bridgehead atoms. The number of likely N-dealkylation sites (tertiary alicyclic amines) is 1. The highest BCUT2D eigenvalue weighted by atomic mass is 19.2. The van der Waals surface area contributed by atoms with Gasteiger partial charge in [-0.25, -0.2) is 18.2 Å². The van der Waals surface area contributed by atoms with Crippen LogP contribution in [0.4, 0.5) is 13.2 Å². The Labute approximate surface area is 136 Å². The molecule has 1 N–H and O–H groups in total. The lowest BCUT2D eigenvalue weighted by Crippen LogP contribution is -2.33. The molecule has 1 aromatic heterocycles. The molecule has 3 rings (SSSR count). The quantitative estimate of drug-likeness (QED) is 0.870. The van der Waals surface area contributed by atoms with E-state index in [4.69, 9.17) is 4.74 Å². The fraction of sp³-hybridized carbons (Fsp3) is 0.375. The van der Waals surface area contributed by atoms with Gasteiger partial charge in [0.1, 0.15) is 11.6 Å². The van der Waals surface area contributed by atoms with Gasteiger partial charge in [-0.1, -0.05) is 0 Å². The molecule has 1 aromatic carbocycles. The molecule has 0 radical (unpaired) electrons. The first kappa shape index (κ1) is 16.5. The topological polar surface area (TPSA) is 58.2 Å². The third-order valence-corrected chi connectivity index (χ3v) is 4.18. The van der Waals surface area contributed by atoms with E-state index in [2.05, 4.69) is 9.97 Å². The van der Waals surface area contributed by atoms with Crippen LogP contribution in [0.25, 0.3) is 0 Å². The number of H-pyrrole nitrogens is 1. The van der Waals surface area contributed by atoms with Crippen molar-refractivity contribution in [1.82, 2.24) is 14.9 Å². The molecule has 0 spiro atoms. The number of aromatic amines is 1. The summed E-state index contributed by atoms with van der Waals surface area (Å²) in [5, 5.41) is 0. The van der Waals surface area contributed by atoms with Crippen molar-refractivity contribution >= 4 is 5.91 Å². The van der Waals surface area contributed by atoms with Crippen LogP contribution in [-0.2, 0) is 16.0 Å². The van der Waals surface area contributed by atoms with E-state index in [9.17, 15) is 18.0 Å². The molecular weight excluding hydrogens is 323 g/mol. The number of hydrogen-bond donors (Lipinski definition) is 1. The lowest BCUT2D eigenvalue weighted by Gasteiger charge is -2.23. The number of ether oxygens (including phenoxy) is 1. The number of carbonyl (C=O) groups excluding carboxylic acids is 1. The Bertz CT molecular complexity index is 736. The zero-order valence-electron chi connectivity index (χ0n) is 12.9. The minimum atomic E-state index is -1.28. The number of amides is 1. The minimum Gasteiger partial charge on any atom is -0.380 e. The summed E-state index contributed by atoms with van der Waals surface area (Å²) in [4.78, 5) is 21.2. The van der Waals surface area contributed by atoms with Gasteiger partial charge in [-0.15, -0.1) is 0 Å². The molecule has 1 aliphatic heterocycles. The summed E-state index contributed by atoms with van der Waals surface area (Å²) >= 11 is 0. The number of hydrogen-bond acceptors (Lipinski definition) is 3. The summed E-state index contributed by atoms with van der Waals surface area (Å²) in [6.45, 7) is 0.325. The molecule has 2 aromatic rings. The van der Waals surface area contributed by atoms with E-state index < -0.39 is 23.4 Å². The van der Waals surface area contributed by atoms with Gasteiger partial charge in [-0.05, 0) is 6.07 Å². The highest BCUT2D eigenvalue weighted by Crippen LogP contribution is 2.32. The first-order valence-corrected chi connectivity index (χ1v) is 7.44. The number of methoxy groups -OCH3 is 1. The maximum atomic E-state index is 13.8. The van der Waals surface area contributed by atoms with Crippen LogP contribution in [0.15, 0.2) is 24.5 Å². The van der Waals surface area contributed by atoms with Gasteiger partial charge in [-0.2, -0.15) is 0 Å². The normalized spacial score (nSPS) is 20.6. The van der Waals surface area contributed by atoms with Gasteiger partial charge in [0.05, 0.1) is 18.6 Å². The van der Waals surface area contributed by atoms with E-state index >= 15 is 0 Å². The molecule has 0 unspecified atom stereocenters. The number of nitrogens with one attached hydrogen (secondary N) is 1. The van der Waals surface area contributed by atoms with E-state index in [1.165, 1.54) is 4.90 Å². The fourth-order valence-corrected chi connectivity index (χ4v) is 2.93. The van der Waals surface area contributed by atoms with Crippen molar-refractivity contribution in [3.63, 3.8) is 0 Å². The van der Waals surface area contributed by atoms with Crippen LogP contribution in [0.1, 0.15) is 23.9 Å². The third kappa shape index (κ3) is 3.14. The number of aromatic nitrogens is 2. The summed E-state index contributed by atoms with van der Waals surface area (Å²) in [6, 6.07) is 0.837. The van der Waals surface area contributed by atoms with Gasteiger partial charge in [0.15, 0.2) is 11.6 Å². The van der Waals surface area contributed by atoms with Crippen LogP contribution in [-0.4, -0.2) is 40.5 Å².